The van der Waals surface area contributed by atoms with E-state index >= 15 is 0 Å². The molecule has 2 aliphatic rings. The molecule has 30 heavy (non-hydrogen) atoms. The summed E-state index contributed by atoms with van der Waals surface area (Å²) < 4.78 is 5.99. The highest BCUT2D eigenvalue weighted by molar-refractivity contribution is 8.01. The Balaban J connectivity index is 0.00000124. The Hall–Kier alpha value is -2.34. The summed E-state index contributed by atoms with van der Waals surface area (Å²) in [5.41, 5.74) is 0.384. The number of ether oxygens (including phenoxy) is 1. The van der Waals surface area contributed by atoms with Gasteiger partial charge in [0, 0.05) is 12.1 Å². The van der Waals surface area contributed by atoms with Crippen LogP contribution in [0.1, 0.15) is 68.1 Å². The van der Waals surface area contributed by atoms with Gasteiger partial charge in [-0.2, -0.15) is 4.98 Å². The maximum atomic E-state index is 13.0. The van der Waals surface area contributed by atoms with Crippen LogP contribution in [0, 0.1) is 5.92 Å². The molecule has 6 heteroatoms. The lowest BCUT2D eigenvalue weighted by atomic mass is 9.85. The molecule has 160 valence electrons. The van der Waals surface area contributed by atoms with Crippen LogP contribution in [0.25, 0.3) is 0 Å². The quantitative estimate of drug-likeness (QED) is 0.566. The monoisotopic (exact) mass is 425 g/mol. The molecule has 2 saturated carbocycles. The Morgan fingerprint density at radius 1 is 1.20 bits per heavy atom. The molecule has 0 radical (unpaired) electrons. The Morgan fingerprint density at radius 2 is 1.93 bits per heavy atom. The first-order valence-corrected chi connectivity index (χ1v) is 12.1. The highest BCUT2D eigenvalue weighted by Gasteiger charge is 2.32. The van der Waals surface area contributed by atoms with Gasteiger partial charge in [-0.05, 0) is 55.4 Å². The van der Waals surface area contributed by atoms with Crippen molar-refractivity contribution in [1.29, 1.82) is 0 Å². The average Bonchev–Trinajstić information content (AvgIpc) is 3.57. The molecule has 5 nitrogen and oxygen atoms in total. The third-order valence-corrected chi connectivity index (χ3v) is 5.72. The van der Waals surface area contributed by atoms with Crippen molar-refractivity contribution in [2.24, 2.45) is 5.92 Å². The third-order valence-electron chi connectivity index (χ3n) is 5.29. The zero-order valence-electron chi connectivity index (χ0n) is 18.0. The SMILES string of the molecule is CC.CS/C=C/C(NC(=O)c1cnc(C2CCC2)nc1Oc1ccccc1)C1CC1. The molecule has 2 aliphatic carbocycles. The van der Waals surface area contributed by atoms with E-state index in [2.05, 4.69) is 21.4 Å². The van der Waals surface area contributed by atoms with E-state index in [0.717, 1.165) is 31.5 Å². The molecule has 0 bridgehead atoms. The van der Waals surface area contributed by atoms with Crippen molar-refractivity contribution in [3.8, 4) is 11.6 Å². The zero-order chi connectivity index (χ0) is 21.3. The molecule has 0 saturated heterocycles. The number of nitrogens with zero attached hydrogens (tertiary/aromatic N) is 2. The summed E-state index contributed by atoms with van der Waals surface area (Å²) in [7, 11) is 0. The minimum absolute atomic E-state index is 0.0378. The molecule has 2 aromatic rings. The first-order chi connectivity index (χ1) is 14.7. The lowest BCUT2D eigenvalue weighted by molar-refractivity contribution is 0.0937. The van der Waals surface area contributed by atoms with Crippen molar-refractivity contribution in [2.75, 3.05) is 6.26 Å². The third kappa shape index (κ3) is 5.85. The van der Waals surface area contributed by atoms with Crippen molar-refractivity contribution in [2.45, 2.75) is 57.9 Å². The van der Waals surface area contributed by atoms with Crippen LogP contribution in [-0.4, -0.2) is 28.2 Å². The number of thioether (sulfide) groups is 1. The van der Waals surface area contributed by atoms with Crippen LogP contribution in [0.4, 0.5) is 0 Å². The minimum atomic E-state index is -0.186. The van der Waals surface area contributed by atoms with E-state index in [0.29, 0.717) is 29.0 Å². The van der Waals surface area contributed by atoms with Crippen LogP contribution in [-0.2, 0) is 0 Å². The maximum absolute atomic E-state index is 13.0. The van der Waals surface area contributed by atoms with Crippen LogP contribution in [0.2, 0.25) is 0 Å². The van der Waals surface area contributed by atoms with E-state index in [4.69, 9.17) is 4.74 Å². The molecule has 4 rings (SSSR count). The standard InChI is InChI=1S/C22H25N3O2S.C2H6/c1-28-13-12-19(15-10-11-15)24-21(26)18-14-23-20(16-6-5-7-16)25-22(18)27-17-8-3-2-4-9-17;1-2/h2-4,8-9,12-16,19H,5-7,10-11H2,1H3,(H,24,26);1-2H3/b13-12+;. The molecule has 1 N–H and O–H groups in total. The number of para-hydroxylation sites is 1. The number of benzene rings is 1. The van der Waals surface area contributed by atoms with Crippen LogP contribution in [0.15, 0.2) is 48.0 Å². The van der Waals surface area contributed by atoms with Gasteiger partial charge in [0.05, 0.1) is 6.04 Å². The minimum Gasteiger partial charge on any atom is -0.438 e. The smallest absolute Gasteiger partial charge is 0.258 e. The Labute approximate surface area is 183 Å². The molecule has 1 amide bonds. The molecule has 0 aliphatic heterocycles. The van der Waals surface area contributed by atoms with Crippen molar-refractivity contribution >= 4 is 17.7 Å². The lowest BCUT2D eigenvalue weighted by Gasteiger charge is -2.24. The number of hydrogen-bond acceptors (Lipinski definition) is 5. The van der Waals surface area contributed by atoms with Crippen LogP contribution >= 0.6 is 11.8 Å². The second-order valence-electron chi connectivity index (χ2n) is 7.39. The number of rotatable bonds is 8. The predicted octanol–water partition coefficient (Wildman–Crippen LogP) is 5.95. The van der Waals surface area contributed by atoms with Gasteiger partial charge < -0.3 is 10.1 Å². The van der Waals surface area contributed by atoms with Gasteiger partial charge in [-0.1, -0.05) is 44.5 Å². The number of amides is 1. The van der Waals surface area contributed by atoms with E-state index in [1.807, 2.05) is 55.8 Å². The van der Waals surface area contributed by atoms with Gasteiger partial charge in [0.15, 0.2) is 0 Å². The second-order valence-corrected chi connectivity index (χ2v) is 8.13. The molecule has 1 atom stereocenters. The van der Waals surface area contributed by atoms with E-state index in [-0.39, 0.29) is 11.9 Å². The first kappa shape index (κ1) is 22.3. The van der Waals surface area contributed by atoms with Crippen molar-refractivity contribution in [3.63, 3.8) is 0 Å². The fraction of sp³-hybridized carbons (Fsp3) is 0.458. The van der Waals surface area contributed by atoms with E-state index < -0.39 is 0 Å². The molecular formula is C24H31N3O2S. The van der Waals surface area contributed by atoms with Gasteiger partial charge >= 0.3 is 0 Å². The van der Waals surface area contributed by atoms with E-state index in [1.54, 1.807) is 18.0 Å². The number of aromatic nitrogens is 2. The van der Waals surface area contributed by atoms with Gasteiger partial charge in [-0.15, -0.1) is 11.8 Å². The summed E-state index contributed by atoms with van der Waals surface area (Å²) in [5, 5.41) is 5.16. The Bertz CT molecular complexity index is 849. The van der Waals surface area contributed by atoms with Crippen LogP contribution < -0.4 is 10.1 Å². The summed E-state index contributed by atoms with van der Waals surface area (Å²) in [5.74, 6) is 2.48. The van der Waals surface area contributed by atoms with E-state index in [9.17, 15) is 4.79 Å². The fourth-order valence-corrected chi connectivity index (χ4v) is 3.57. The van der Waals surface area contributed by atoms with Crippen LogP contribution in [0.3, 0.4) is 0 Å². The number of hydrogen-bond donors (Lipinski definition) is 1. The highest BCUT2D eigenvalue weighted by atomic mass is 32.2. The van der Waals surface area contributed by atoms with Gasteiger partial charge in [0.2, 0.25) is 5.88 Å². The summed E-state index contributed by atoms with van der Waals surface area (Å²) in [6.45, 7) is 4.00. The van der Waals surface area contributed by atoms with Crippen molar-refractivity contribution < 1.29 is 9.53 Å². The van der Waals surface area contributed by atoms with Crippen molar-refractivity contribution in [3.05, 3.63) is 59.4 Å². The van der Waals surface area contributed by atoms with Gasteiger partial charge in [-0.3, -0.25) is 4.79 Å². The molecule has 1 aromatic heterocycles. The number of carbonyl (C=O) groups is 1. The average molecular weight is 426 g/mol. The highest BCUT2D eigenvalue weighted by Crippen LogP contribution is 2.36. The number of nitrogens with one attached hydrogen (secondary N) is 1. The molecule has 1 unspecified atom stereocenters. The summed E-state index contributed by atoms with van der Waals surface area (Å²) in [6, 6.07) is 9.50. The maximum Gasteiger partial charge on any atom is 0.258 e. The lowest BCUT2D eigenvalue weighted by Crippen LogP contribution is -2.35. The second kappa shape index (κ2) is 11.2. The van der Waals surface area contributed by atoms with Crippen molar-refractivity contribution in [1.82, 2.24) is 15.3 Å². The van der Waals surface area contributed by atoms with E-state index in [1.165, 1.54) is 6.42 Å². The first-order valence-electron chi connectivity index (χ1n) is 10.8. The van der Waals surface area contributed by atoms with Gasteiger partial charge in [0.25, 0.3) is 5.91 Å². The van der Waals surface area contributed by atoms with Gasteiger partial charge in [0.1, 0.15) is 17.1 Å². The fourth-order valence-electron chi connectivity index (χ4n) is 3.25. The Kier molecular flexibility index (Phi) is 8.31. The summed E-state index contributed by atoms with van der Waals surface area (Å²) in [6.07, 6.45) is 11.4. The normalized spacial score (nSPS) is 16.9. The molecule has 1 aromatic carbocycles. The predicted molar refractivity (Wildman–Crippen MR) is 123 cm³/mol. The topological polar surface area (TPSA) is 64.1 Å². The molecule has 2 fully saturated rings. The molecule has 0 spiro atoms. The van der Waals surface area contributed by atoms with Crippen LogP contribution in [0.5, 0.6) is 11.6 Å². The Morgan fingerprint density at radius 3 is 2.53 bits per heavy atom. The zero-order valence-corrected chi connectivity index (χ0v) is 18.8. The molecule has 1 heterocycles. The number of carbonyl (C=O) groups excluding carboxylic acids is 1. The molecular weight excluding hydrogens is 394 g/mol. The largest absolute Gasteiger partial charge is 0.438 e. The summed E-state index contributed by atoms with van der Waals surface area (Å²) >= 11 is 1.64. The van der Waals surface area contributed by atoms with Gasteiger partial charge in [-0.25, -0.2) is 4.98 Å². The summed E-state index contributed by atoms with van der Waals surface area (Å²) in [4.78, 5) is 22.1.